The van der Waals surface area contributed by atoms with Gasteiger partial charge in [0.15, 0.2) is 0 Å². The van der Waals surface area contributed by atoms with Crippen molar-refractivity contribution in [1.29, 1.82) is 0 Å². The number of allylic oxidation sites excluding steroid dienone is 5. The van der Waals surface area contributed by atoms with Crippen LogP contribution in [0.5, 0.6) is 0 Å². The number of nitrogens with two attached hydrogens (primary N) is 1. The third kappa shape index (κ3) is 4.14. The van der Waals surface area contributed by atoms with Crippen LogP contribution in [-0.2, 0) is 0 Å². The minimum atomic E-state index is 0.678. The first-order valence-electron chi connectivity index (χ1n) is 17.0. The Labute approximate surface area is 289 Å². The van der Waals surface area contributed by atoms with Gasteiger partial charge in [-0.1, -0.05) is 140 Å². The molecule has 0 spiro atoms. The standard InChI is InChI=1S/C47H31N3/c1-29(31-22-24-41-44(28-31)50(32-13-3-2-4-14-32)43-27-23-30-12-5-6-15-33(30)46(41)43)49-42-21-10-9-18-40(42)47(48)39-26-25-38-35-17-8-7-16-34(35)36-19-11-20-37(39)45(36)38/h2-28H,1,48H2/b47-40-,49-42?. The fourth-order valence-electron chi connectivity index (χ4n) is 8.02. The van der Waals surface area contributed by atoms with Crippen molar-refractivity contribution in [1.82, 2.24) is 4.57 Å². The minimum Gasteiger partial charge on any atom is -0.398 e. The average molecular weight is 638 g/mol. The summed E-state index contributed by atoms with van der Waals surface area (Å²) in [7, 11) is 0. The molecule has 2 N–H and O–H groups in total. The summed E-state index contributed by atoms with van der Waals surface area (Å²) in [6.45, 7) is 4.48. The predicted octanol–water partition coefficient (Wildman–Crippen LogP) is 11.6. The van der Waals surface area contributed by atoms with Crippen LogP contribution in [0.15, 0.2) is 181 Å². The van der Waals surface area contributed by atoms with Gasteiger partial charge < -0.3 is 10.3 Å². The number of hydrogen-bond donors (Lipinski definition) is 1. The lowest BCUT2D eigenvalue weighted by Crippen LogP contribution is -2.10. The van der Waals surface area contributed by atoms with Gasteiger partial charge in [0.2, 0.25) is 0 Å². The van der Waals surface area contributed by atoms with Gasteiger partial charge in [0.05, 0.1) is 22.4 Å². The Morgan fingerprint density at radius 2 is 1.28 bits per heavy atom. The van der Waals surface area contributed by atoms with Crippen molar-refractivity contribution in [2.45, 2.75) is 0 Å². The van der Waals surface area contributed by atoms with E-state index in [-0.39, 0.29) is 0 Å². The van der Waals surface area contributed by atoms with Crippen LogP contribution >= 0.6 is 0 Å². The van der Waals surface area contributed by atoms with Gasteiger partial charge in [0.1, 0.15) is 0 Å². The topological polar surface area (TPSA) is 43.3 Å². The minimum absolute atomic E-state index is 0.678. The number of hydrogen-bond acceptors (Lipinski definition) is 2. The molecule has 10 rings (SSSR count). The van der Waals surface area contributed by atoms with Crippen LogP contribution in [0.1, 0.15) is 11.1 Å². The van der Waals surface area contributed by atoms with Crippen LogP contribution < -0.4 is 5.73 Å². The summed E-state index contributed by atoms with van der Waals surface area (Å²) in [5.74, 6) is 0. The summed E-state index contributed by atoms with van der Waals surface area (Å²) < 4.78 is 2.35. The van der Waals surface area contributed by atoms with Crippen molar-refractivity contribution in [3.8, 4) is 27.9 Å². The Kier molecular flexibility index (Phi) is 6.18. The first kappa shape index (κ1) is 28.3. The molecule has 0 unspecified atom stereocenters. The second-order valence-corrected chi connectivity index (χ2v) is 13.0. The molecule has 0 radical (unpaired) electrons. The molecule has 1 aromatic heterocycles. The molecule has 2 aliphatic carbocycles. The van der Waals surface area contributed by atoms with Crippen molar-refractivity contribution in [3.63, 3.8) is 0 Å². The molecule has 0 aliphatic heterocycles. The van der Waals surface area contributed by atoms with Crippen LogP contribution in [0.25, 0.3) is 82.7 Å². The summed E-state index contributed by atoms with van der Waals surface area (Å²) in [6.07, 6.45) is 8.11. The lowest BCUT2D eigenvalue weighted by Gasteiger charge is -2.15. The van der Waals surface area contributed by atoms with Crippen LogP contribution in [0, 0.1) is 0 Å². The highest BCUT2D eigenvalue weighted by Crippen LogP contribution is 2.48. The SMILES string of the molecule is C=C(N=C1C=CC=C/C1=C(/N)c1ccc2c3c(cccc13)-c1ccccc1-2)c1ccc2c3c4ccccc4ccc3n(-c3ccccc3)c2c1. The van der Waals surface area contributed by atoms with Gasteiger partial charge in [-0.2, -0.15) is 0 Å². The number of nitrogens with zero attached hydrogens (tertiary/aromatic N) is 2. The maximum Gasteiger partial charge on any atom is 0.0730 e. The molecular weight excluding hydrogens is 607 g/mol. The molecule has 234 valence electrons. The maximum absolute atomic E-state index is 7.09. The molecule has 0 saturated heterocycles. The Hall–Kier alpha value is -6.71. The Morgan fingerprint density at radius 1 is 0.560 bits per heavy atom. The molecule has 0 amide bonds. The van der Waals surface area contributed by atoms with E-state index in [0.29, 0.717) is 11.4 Å². The van der Waals surface area contributed by atoms with Crippen LogP contribution in [0.4, 0.5) is 0 Å². The fraction of sp³-hybridized carbons (Fsp3) is 0. The summed E-state index contributed by atoms with van der Waals surface area (Å²) in [5, 5.41) is 7.32. The normalized spacial score (nSPS) is 15.1. The van der Waals surface area contributed by atoms with Crippen LogP contribution in [-0.4, -0.2) is 10.3 Å². The van der Waals surface area contributed by atoms with E-state index in [1.807, 2.05) is 18.2 Å². The summed E-state index contributed by atoms with van der Waals surface area (Å²) in [5.41, 5.74) is 20.6. The number of fused-ring (bicyclic) bond motifs is 8. The van der Waals surface area contributed by atoms with E-state index in [9.17, 15) is 0 Å². The van der Waals surface area contributed by atoms with E-state index >= 15 is 0 Å². The zero-order valence-electron chi connectivity index (χ0n) is 27.3. The maximum atomic E-state index is 7.09. The summed E-state index contributed by atoms with van der Waals surface area (Å²) in [4.78, 5) is 5.14. The Morgan fingerprint density at radius 3 is 2.14 bits per heavy atom. The number of rotatable bonds is 4. The quantitative estimate of drug-likeness (QED) is 0.205. The van der Waals surface area contributed by atoms with E-state index in [4.69, 9.17) is 10.7 Å². The summed E-state index contributed by atoms with van der Waals surface area (Å²) in [6, 6.07) is 49.7. The molecule has 0 fully saturated rings. The Balaban J connectivity index is 1.11. The van der Waals surface area contributed by atoms with Crippen molar-refractivity contribution in [2.24, 2.45) is 10.7 Å². The molecule has 1 heterocycles. The first-order valence-corrected chi connectivity index (χ1v) is 17.0. The average Bonchev–Trinajstić information content (AvgIpc) is 3.69. The second-order valence-electron chi connectivity index (χ2n) is 13.0. The highest BCUT2D eigenvalue weighted by atomic mass is 15.0. The van der Waals surface area contributed by atoms with Crippen LogP contribution in [0.2, 0.25) is 0 Å². The number of aromatic nitrogens is 1. The molecule has 0 bridgehead atoms. The number of benzene rings is 7. The van der Waals surface area contributed by atoms with Crippen molar-refractivity contribution < 1.29 is 0 Å². The van der Waals surface area contributed by atoms with Crippen molar-refractivity contribution >= 4 is 60.5 Å². The predicted molar refractivity (Wildman–Crippen MR) is 213 cm³/mol. The third-order valence-corrected chi connectivity index (χ3v) is 10.3. The molecule has 3 heteroatoms. The largest absolute Gasteiger partial charge is 0.398 e. The Bertz CT molecular complexity index is 2850. The first-order chi connectivity index (χ1) is 24.7. The van der Waals surface area contributed by atoms with Gasteiger partial charge in [-0.3, -0.25) is 0 Å². The van der Waals surface area contributed by atoms with Gasteiger partial charge in [0.25, 0.3) is 0 Å². The van der Waals surface area contributed by atoms with Gasteiger partial charge in [-0.05, 0) is 74.1 Å². The van der Waals surface area contributed by atoms with Gasteiger partial charge in [0, 0.05) is 38.9 Å². The molecule has 0 saturated carbocycles. The molecule has 7 aromatic carbocycles. The third-order valence-electron chi connectivity index (χ3n) is 10.3. The zero-order chi connectivity index (χ0) is 33.3. The van der Waals surface area contributed by atoms with E-state index in [1.165, 1.54) is 54.7 Å². The molecule has 3 nitrogen and oxygen atoms in total. The van der Waals surface area contributed by atoms with E-state index in [2.05, 4.69) is 157 Å². The van der Waals surface area contributed by atoms with Gasteiger partial charge in [-0.15, -0.1) is 0 Å². The molecule has 0 atom stereocenters. The molecule has 50 heavy (non-hydrogen) atoms. The van der Waals surface area contributed by atoms with Crippen molar-refractivity contribution in [3.05, 3.63) is 187 Å². The lowest BCUT2D eigenvalue weighted by molar-refractivity contribution is 1.18. The van der Waals surface area contributed by atoms with Crippen LogP contribution in [0.3, 0.4) is 0 Å². The monoisotopic (exact) mass is 637 g/mol. The van der Waals surface area contributed by atoms with E-state index in [0.717, 1.165) is 39.0 Å². The van der Waals surface area contributed by atoms with Gasteiger partial charge >= 0.3 is 0 Å². The highest BCUT2D eigenvalue weighted by molar-refractivity contribution is 6.23. The highest BCUT2D eigenvalue weighted by Gasteiger charge is 2.23. The van der Waals surface area contributed by atoms with Gasteiger partial charge in [-0.25, -0.2) is 4.99 Å². The molecular formula is C47H31N3. The molecule has 8 aromatic rings. The zero-order valence-corrected chi connectivity index (χ0v) is 27.3. The van der Waals surface area contributed by atoms with Crippen molar-refractivity contribution in [2.75, 3.05) is 0 Å². The van der Waals surface area contributed by atoms with E-state index in [1.54, 1.807) is 0 Å². The van der Waals surface area contributed by atoms with E-state index < -0.39 is 0 Å². The lowest BCUT2D eigenvalue weighted by atomic mass is 9.93. The number of para-hydroxylation sites is 1. The molecule has 2 aliphatic rings. The smallest absolute Gasteiger partial charge is 0.0730 e. The second kappa shape index (κ2) is 10.9. The summed E-state index contributed by atoms with van der Waals surface area (Å²) >= 11 is 0. The number of aliphatic imine (C=N–C) groups is 1. The fourth-order valence-corrected chi connectivity index (χ4v) is 8.02.